The Bertz CT molecular complexity index is 798. The predicted molar refractivity (Wildman–Crippen MR) is 112 cm³/mol. The van der Waals surface area contributed by atoms with Gasteiger partial charge in [0.1, 0.15) is 11.4 Å². The van der Waals surface area contributed by atoms with Gasteiger partial charge in [-0.05, 0) is 49.6 Å². The highest BCUT2D eigenvalue weighted by Crippen LogP contribution is 2.18. The van der Waals surface area contributed by atoms with Gasteiger partial charge in [0.15, 0.2) is 0 Å². The average molecular weight is 398 g/mol. The van der Waals surface area contributed by atoms with Crippen LogP contribution in [0, 0.1) is 0 Å². The third kappa shape index (κ3) is 4.97. The Balaban J connectivity index is 1.33. The van der Waals surface area contributed by atoms with Crippen LogP contribution in [0.15, 0.2) is 36.5 Å². The number of hydrogen-bond acceptors (Lipinski definition) is 5. The number of aromatic nitrogens is 2. The van der Waals surface area contributed by atoms with Crippen molar-refractivity contribution in [3.05, 3.63) is 47.8 Å². The summed E-state index contributed by atoms with van der Waals surface area (Å²) in [5.74, 6) is 0.934. The molecule has 3 heterocycles. The summed E-state index contributed by atoms with van der Waals surface area (Å²) in [6.07, 6.45) is 5.21. The van der Waals surface area contributed by atoms with Gasteiger partial charge in [0.05, 0.1) is 13.2 Å². The van der Waals surface area contributed by atoms with Crippen molar-refractivity contribution in [2.45, 2.75) is 31.8 Å². The van der Waals surface area contributed by atoms with Gasteiger partial charge in [-0.1, -0.05) is 12.1 Å². The van der Waals surface area contributed by atoms with Gasteiger partial charge in [0.25, 0.3) is 5.91 Å². The molecule has 0 spiro atoms. The fraction of sp³-hybridized carbons (Fsp3) is 0.545. The average Bonchev–Trinajstić information content (AvgIpc) is 3.15. The zero-order chi connectivity index (χ0) is 20.1. The number of nitrogens with one attached hydrogen (secondary N) is 1. The van der Waals surface area contributed by atoms with Crippen molar-refractivity contribution in [2.24, 2.45) is 0 Å². The van der Waals surface area contributed by atoms with Crippen molar-refractivity contribution in [1.29, 1.82) is 0 Å². The quantitative estimate of drug-likeness (QED) is 0.838. The third-order valence-electron chi connectivity index (χ3n) is 5.91. The summed E-state index contributed by atoms with van der Waals surface area (Å²) in [5.41, 5.74) is 1.84. The standard InChI is InChI=1S/C22H31N5O2/c1-29-20-7-5-18(6-8-20)17-25-11-3-12-26(15-14-25)22(28)21-9-13-27(24-21)19-4-2-10-23-16-19/h5-9,13,19,23H,2-4,10-12,14-17H2,1H3. The predicted octanol–water partition coefficient (Wildman–Crippen LogP) is 2.16. The van der Waals surface area contributed by atoms with Crippen LogP contribution < -0.4 is 10.1 Å². The fourth-order valence-electron chi connectivity index (χ4n) is 4.20. The molecule has 2 aromatic rings. The van der Waals surface area contributed by atoms with E-state index in [-0.39, 0.29) is 5.91 Å². The molecule has 2 aliphatic rings. The van der Waals surface area contributed by atoms with Gasteiger partial charge in [0, 0.05) is 45.5 Å². The number of amides is 1. The van der Waals surface area contributed by atoms with E-state index in [0.717, 1.165) is 70.8 Å². The Hall–Kier alpha value is -2.38. The Labute approximate surface area is 172 Å². The summed E-state index contributed by atoms with van der Waals surface area (Å²) in [6.45, 7) is 6.31. The van der Waals surface area contributed by atoms with E-state index in [1.165, 1.54) is 5.56 Å². The normalized spacial score (nSPS) is 21.0. The van der Waals surface area contributed by atoms with Crippen molar-refractivity contribution in [1.82, 2.24) is 24.9 Å². The Morgan fingerprint density at radius 1 is 1.14 bits per heavy atom. The molecule has 1 amide bonds. The highest BCUT2D eigenvalue weighted by atomic mass is 16.5. The van der Waals surface area contributed by atoms with Crippen LogP contribution in [-0.4, -0.2) is 71.9 Å². The second kappa shape index (κ2) is 9.41. The first-order valence-electron chi connectivity index (χ1n) is 10.6. The van der Waals surface area contributed by atoms with E-state index in [1.54, 1.807) is 7.11 Å². The molecule has 0 saturated carbocycles. The van der Waals surface area contributed by atoms with Crippen LogP contribution in [0.2, 0.25) is 0 Å². The van der Waals surface area contributed by atoms with Crippen molar-refractivity contribution < 1.29 is 9.53 Å². The number of methoxy groups -OCH3 is 1. The summed E-state index contributed by atoms with van der Waals surface area (Å²) >= 11 is 0. The van der Waals surface area contributed by atoms with Crippen LogP contribution in [0.1, 0.15) is 41.4 Å². The first kappa shape index (κ1) is 19.9. The number of hydrogen-bond donors (Lipinski definition) is 1. The summed E-state index contributed by atoms with van der Waals surface area (Å²) in [4.78, 5) is 17.4. The van der Waals surface area contributed by atoms with Gasteiger partial charge in [-0.25, -0.2) is 0 Å². The molecule has 2 fully saturated rings. The maximum Gasteiger partial charge on any atom is 0.274 e. The van der Waals surface area contributed by atoms with E-state index < -0.39 is 0 Å². The molecule has 0 aliphatic carbocycles. The van der Waals surface area contributed by atoms with Gasteiger partial charge < -0.3 is 15.0 Å². The van der Waals surface area contributed by atoms with E-state index in [0.29, 0.717) is 11.7 Å². The first-order chi connectivity index (χ1) is 14.2. The van der Waals surface area contributed by atoms with Gasteiger partial charge >= 0.3 is 0 Å². The molecule has 1 aromatic heterocycles. The Morgan fingerprint density at radius 3 is 2.76 bits per heavy atom. The Kier molecular flexibility index (Phi) is 6.46. The number of carbonyl (C=O) groups is 1. The number of benzene rings is 1. The van der Waals surface area contributed by atoms with Gasteiger partial charge in [-0.15, -0.1) is 0 Å². The van der Waals surface area contributed by atoms with Gasteiger partial charge in [-0.3, -0.25) is 14.4 Å². The summed E-state index contributed by atoms with van der Waals surface area (Å²) in [7, 11) is 1.69. The lowest BCUT2D eigenvalue weighted by atomic mass is 10.1. The molecule has 7 nitrogen and oxygen atoms in total. The first-order valence-corrected chi connectivity index (χ1v) is 10.6. The Morgan fingerprint density at radius 2 is 2.00 bits per heavy atom. The second-order valence-electron chi connectivity index (χ2n) is 7.95. The maximum atomic E-state index is 13.0. The largest absolute Gasteiger partial charge is 0.497 e. The van der Waals surface area contributed by atoms with Crippen molar-refractivity contribution in [3.63, 3.8) is 0 Å². The molecule has 1 N–H and O–H groups in total. The van der Waals surface area contributed by atoms with Crippen molar-refractivity contribution in [2.75, 3.05) is 46.4 Å². The molecule has 2 aliphatic heterocycles. The second-order valence-corrected chi connectivity index (χ2v) is 7.95. The zero-order valence-electron chi connectivity index (χ0n) is 17.2. The molecule has 0 radical (unpaired) electrons. The minimum Gasteiger partial charge on any atom is -0.497 e. The van der Waals surface area contributed by atoms with E-state index in [2.05, 4.69) is 27.4 Å². The molecule has 4 rings (SSSR count). The minimum atomic E-state index is 0.0545. The third-order valence-corrected chi connectivity index (χ3v) is 5.91. The van der Waals surface area contributed by atoms with Crippen molar-refractivity contribution in [3.8, 4) is 5.75 Å². The van der Waals surface area contributed by atoms with Crippen LogP contribution in [0.3, 0.4) is 0 Å². The number of nitrogens with zero attached hydrogens (tertiary/aromatic N) is 4. The van der Waals surface area contributed by atoms with Crippen LogP contribution in [0.25, 0.3) is 0 Å². The molecule has 0 bridgehead atoms. The van der Waals surface area contributed by atoms with E-state index in [4.69, 9.17) is 4.74 Å². The molecule has 1 aromatic carbocycles. The van der Waals surface area contributed by atoms with Gasteiger partial charge in [0.2, 0.25) is 0 Å². The molecule has 1 atom stereocenters. The lowest BCUT2D eigenvalue weighted by Crippen LogP contribution is -2.35. The molecule has 2 saturated heterocycles. The maximum absolute atomic E-state index is 13.0. The zero-order valence-corrected chi connectivity index (χ0v) is 17.2. The van der Waals surface area contributed by atoms with Crippen LogP contribution >= 0.6 is 0 Å². The van der Waals surface area contributed by atoms with Gasteiger partial charge in [-0.2, -0.15) is 5.10 Å². The van der Waals surface area contributed by atoms with E-state index >= 15 is 0 Å². The highest BCUT2D eigenvalue weighted by Gasteiger charge is 2.23. The number of carbonyl (C=O) groups excluding carboxylic acids is 1. The summed E-state index contributed by atoms with van der Waals surface area (Å²) in [6, 6.07) is 10.5. The number of piperidine rings is 1. The van der Waals surface area contributed by atoms with E-state index in [9.17, 15) is 4.79 Å². The topological polar surface area (TPSA) is 62.6 Å². The SMILES string of the molecule is COc1ccc(CN2CCCN(C(=O)c3ccn(C4CCCNC4)n3)CC2)cc1. The van der Waals surface area contributed by atoms with Crippen LogP contribution in [-0.2, 0) is 6.54 Å². The lowest BCUT2D eigenvalue weighted by molar-refractivity contribution is 0.0753. The van der Waals surface area contributed by atoms with Crippen molar-refractivity contribution >= 4 is 5.91 Å². The molecule has 156 valence electrons. The number of ether oxygens (including phenoxy) is 1. The summed E-state index contributed by atoms with van der Waals surface area (Å²) < 4.78 is 7.20. The summed E-state index contributed by atoms with van der Waals surface area (Å²) in [5, 5.41) is 8.01. The smallest absolute Gasteiger partial charge is 0.274 e. The minimum absolute atomic E-state index is 0.0545. The van der Waals surface area contributed by atoms with Crippen LogP contribution in [0.4, 0.5) is 0 Å². The molecular formula is C22H31N5O2. The molecular weight excluding hydrogens is 366 g/mol. The fourth-order valence-corrected chi connectivity index (χ4v) is 4.20. The van der Waals surface area contributed by atoms with Crippen LogP contribution in [0.5, 0.6) is 5.75 Å². The number of rotatable bonds is 5. The lowest BCUT2D eigenvalue weighted by Gasteiger charge is -2.23. The van der Waals surface area contributed by atoms with E-state index in [1.807, 2.05) is 34.0 Å². The monoisotopic (exact) mass is 397 g/mol. The molecule has 29 heavy (non-hydrogen) atoms. The molecule has 1 unspecified atom stereocenters. The highest BCUT2D eigenvalue weighted by molar-refractivity contribution is 5.92. The molecule has 7 heteroatoms.